The van der Waals surface area contributed by atoms with Crippen LogP contribution in [0.5, 0.6) is 0 Å². The zero-order valence-corrected chi connectivity index (χ0v) is 23.2. The highest BCUT2D eigenvalue weighted by Crippen LogP contribution is 2.16. The van der Waals surface area contributed by atoms with Gasteiger partial charge in [-0.15, -0.1) is 0 Å². The van der Waals surface area contributed by atoms with Gasteiger partial charge in [-0.1, -0.05) is 66.2 Å². The summed E-state index contributed by atoms with van der Waals surface area (Å²) in [4.78, 5) is 41.3. The van der Waals surface area contributed by atoms with Crippen LogP contribution in [0.25, 0.3) is 0 Å². The van der Waals surface area contributed by atoms with Gasteiger partial charge in [0.05, 0.1) is 11.8 Å². The third kappa shape index (κ3) is 27.9. The molecule has 0 aliphatic carbocycles. The molecule has 2 atom stereocenters. The molecule has 0 spiro atoms. The molecule has 0 fully saturated rings. The highest BCUT2D eigenvalue weighted by molar-refractivity contribution is 6.27. The molecule has 34 heavy (non-hydrogen) atoms. The molecule has 202 valence electrons. The van der Waals surface area contributed by atoms with E-state index in [-0.39, 0.29) is 35.0 Å². The van der Waals surface area contributed by atoms with E-state index in [9.17, 15) is 9.59 Å². The Morgan fingerprint density at radius 2 is 0.882 bits per heavy atom. The number of carboxylic acids is 2. The predicted molar refractivity (Wildman–Crippen MR) is 134 cm³/mol. The highest BCUT2D eigenvalue weighted by Gasteiger charge is 2.21. The van der Waals surface area contributed by atoms with Crippen LogP contribution in [-0.4, -0.2) is 45.3 Å². The Balaban J connectivity index is -0.000000458. The number of carbonyl (C=O) groups is 4. The molecule has 0 amide bonds. The molecular formula is C26H50O8. The number of ether oxygens (including phenoxy) is 2. The minimum Gasteiger partial charge on any atom is -0.473 e. The first-order valence-corrected chi connectivity index (χ1v) is 12.3. The summed E-state index contributed by atoms with van der Waals surface area (Å²) in [6.45, 7) is 19.7. The van der Waals surface area contributed by atoms with Crippen LogP contribution in [-0.2, 0) is 28.7 Å². The van der Waals surface area contributed by atoms with Crippen LogP contribution in [0.15, 0.2) is 0 Å². The summed E-state index contributed by atoms with van der Waals surface area (Å²) in [5.41, 5.74) is -0.702. The summed E-state index contributed by atoms with van der Waals surface area (Å²) in [7, 11) is 0. The van der Waals surface area contributed by atoms with Gasteiger partial charge in [0.15, 0.2) is 0 Å². The Kier molecular flexibility index (Phi) is 20.6. The van der Waals surface area contributed by atoms with Crippen molar-refractivity contribution in [1.82, 2.24) is 0 Å². The second-order valence-corrected chi connectivity index (χ2v) is 10.5. The van der Waals surface area contributed by atoms with Crippen LogP contribution >= 0.6 is 0 Å². The lowest BCUT2D eigenvalue weighted by atomic mass is 10.0. The van der Waals surface area contributed by atoms with E-state index in [1.54, 1.807) is 0 Å². The lowest BCUT2D eigenvalue weighted by Crippen LogP contribution is -2.27. The first-order chi connectivity index (χ1) is 15.4. The van der Waals surface area contributed by atoms with Crippen molar-refractivity contribution in [2.24, 2.45) is 11.8 Å². The van der Waals surface area contributed by atoms with Gasteiger partial charge in [-0.2, -0.15) is 0 Å². The third-order valence-corrected chi connectivity index (χ3v) is 4.28. The van der Waals surface area contributed by atoms with Crippen LogP contribution in [0.1, 0.15) is 121 Å². The van der Waals surface area contributed by atoms with Gasteiger partial charge in [-0.3, -0.25) is 9.59 Å². The van der Waals surface area contributed by atoms with Gasteiger partial charge in [0.1, 0.15) is 11.2 Å². The predicted octanol–water partition coefficient (Wildman–Crippen LogP) is 6.24. The van der Waals surface area contributed by atoms with E-state index in [4.69, 9.17) is 29.3 Å². The normalized spacial score (nSPS) is 12.6. The number of carbonyl (C=O) groups excluding carboxylic acids is 2. The number of aliphatic carboxylic acids is 2. The molecule has 0 heterocycles. The fourth-order valence-electron chi connectivity index (χ4n) is 2.44. The van der Waals surface area contributed by atoms with E-state index in [1.807, 2.05) is 55.4 Å². The number of hydrogen-bond donors (Lipinski definition) is 2. The van der Waals surface area contributed by atoms with Crippen molar-refractivity contribution < 1.29 is 38.9 Å². The van der Waals surface area contributed by atoms with E-state index in [0.29, 0.717) is 0 Å². The van der Waals surface area contributed by atoms with Crippen molar-refractivity contribution in [3.63, 3.8) is 0 Å². The van der Waals surface area contributed by atoms with Crippen LogP contribution in [0.3, 0.4) is 0 Å². The average molecular weight is 491 g/mol. The van der Waals surface area contributed by atoms with Gasteiger partial charge in [0, 0.05) is 0 Å². The maximum atomic E-state index is 11.5. The Morgan fingerprint density at radius 1 is 0.618 bits per heavy atom. The smallest absolute Gasteiger partial charge is 0.414 e. The molecule has 0 bridgehead atoms. The summed E-state index contributed by atoms with van der Waals surface area (Å²) < 4.78 is 10.6. The molecule has 0 aliphatic heterocycles. The first kappa shape index (κ1) is 36.4. The molecule has 0 rings (SSSR count). The van der Waals surface area contributed by atoms with Crippen LogP contribution < -0.4 is 0 Å². The second-order valence-electron chi connectivity index (χ2n) is 10.5. The van der Waals surface area contributed by atoms with Crippen molar-refractivity contribution in [1.29, 1.82) is 0 Å². The Bertz CT molecular complexity index is 533. The molecule has 0 saturated carbocycles. The molecule has 0 aromatic heterocycles. The summed E-state index contributed by atoms with van der Waals surface area (Å²) in [5, 5.41) is 14.8. The molecule has 8 nitrogen and oxygen atoms in total. The van der Waals surface area contributed by atoms with Gasteiger partial charge >= 0.3 is 23.9 Å². The fourth-order valence-corrected chi connectivity index (χ4v) is 2.44. The summed E-state index contributed by atoms with van der Waals surface area (Å²) in [6.07, 6.45) is 8.93. The third-order valence-electron chi connectivity index (χ3n) is 4.28. The molecule has 0 aliphatic rings. The SMILES string of the molecule is CCCCCC(C)C(=O)OC(C)(C)C.CCCCCC(C)C(=O)OC(C)(C)C.O=C(O)C(=O)O. The van der Waals surface area contributed by atoms with Gasteiger partial charge < -0.3 is 19.7 Å². The Labute approximate surface area is 206 Å². The molecule has 2 unspecified atom stereocenters. The van der Waals surface area contributed by atoms with Gasteiger partial charge in [0.2, 0.25) is 0 Å². The largest absolute Gasteiger partial charge is 0.473 e. The minimum absolute atomic E-state index is 0.0424. The van der Waals surface area contributed by atoms with Crippen LogP contribution in [0, 0.1) is 11.8 Å². The lowest BCUT2D eigenvalue weighted by Gasteiger charge is -2.22. The van der Waals surface area contributed by atoms with Crippen molar-refractivity contribution in [3.8, 4) is 0 Å². The summed E-state index contributed by atoms with van der Waals surface area (Å²) in [5.74, 6) is -3.69. The number of unbranched alkanes of at least 4 members (excludes halogenated alkanes) is 4. The number of hydrogen-bond acceptors (Lipinski definition) is 6. The Morgan fingerprint density at radius 3 is 1.06 bits per heavy atom. The molecule has 8 heteroatoms. The van der Waals surface area contributed by atoms with Gasteiger partial charge in [-0.25, -0.2) is 9.59 Å². The van der Waals surface area contributed by atoms with Crippen molar-refractivity contribution in [3.05, 3.63) is 0 Å². The molecule has 0 radical (unpaired) electrons. The first-order valence-electron chi connectivity index (χ1n) is 12.3. The minimum atomic E-state index is -1.82. The molecule has 0 saturated heterocycles. The van der Waals surface area contributed by atoms with E-state index in [1.165, 1.54) is 25.7 Å². The lowest BCUT2D eigenvalue weighted by molar-refractivity contribution is -0.160. The molecule has 0 aromatic carbocycles. The summed E-state index contributed by atoms with van der Waals surface area (Å²) >= 11 is 0. The zero-order valence-electron chi connectivity index (χ0n) is 23.2. The maximum Gasteiger partial charge on any atom is 0.414 e. The van der Waals surface area contributed by atoms with Crippen molar-refractivity contribution >= 4 is 23.9 Å². The van der Waals surface area contributed by atoms with E-state index in [0.717, 1.165) is 25.7 Å². The number of carboxylic acid groups (broad SMARTS) is 2. The standard InChI is InChI=1S/2C12H24O2.C2H2O4/c2*1-6-7-8-9-10(2)11(13)14-12(3,4)5;3-1(4)2(5)6/h2*10H,6-9H2,1-5H3;(H,3,4)(H,5,6). The van der Waals surface area contributed by atoms with E-state index < -0.39 is 11.9 Å². The highest BCUT2D eigenvalue weighted by atomic mass is 16.6. The quantitative estimate of drug-likeness (QED) is 0.209. The van der Waals surface area contributed by atoms with E-state index >= 15 is 0 Å². The van der Waals surface area contributed by atoms with Crippen LogP contribution in [0.2, 0.25) is 0 Å². The van der Waals surface area contributed by atoms with E-state index in [2.05, 4.69) is 13.8 Å². The van der Waals surface area contributed by atoms with Gasteiger partial charge in [0.25, 0.3) is 0 Å². The second kappa shape index (κ2) is 19.2. The molecule has 0 aromatic rings. The number of rotatable bonds is 10. The molecular weight excluding hydrogens is 440 g/mol. The summed E-state index contributed by atoms with van der Waals surface area (Å²) in [6, 6.07) is 0. The Hall–Kier alpha value is -2.12. The topological polar surface area (TPSA) is 127 Å². The average Bonchev–Trinajstić information content (AvgIpc) is 2.66. The van der Waals surface area contributed by atoms with Crippen molar-refractivity contribution in [2.45, 2.75) is 132 Å². The van der Waals surface area contributed by atoms with Crippen LogP contribution in [0.4, 0.5) is 0 Å². The number of esters is 2. The maximum absolute atomic E-state index is 11.5. The fraction of sp³-hybridized carbons (Fsp3) is 0.846. The monoisotopic (exact) mass is 490 g/mol. The molecule has 2 N–H and O–H groups in total. The van der Waals surface area contributed by atoms with Gasteiger partial charge in [-0.05, 0) is 54.4 Å². The zero-order chi connectivity index (χ0) is 27.5. The van der Waals surface area contributed by atoms with Crippen molar-refractivity contribution in [2.75, 3.05) is 0 Å².